The summed E-state index contributed by atoms with van der Waals surface area (Å²) in [4.78, 5) is 18.6. The second kappa shape index (κ2) is 5.38. The Kier molecular flexibility index (Phi) is 3.74. The summed E-state index contributed by atoms with van der Waals surface area (Å²) in [5.74, 6) is -0.138. The highest BCUT2D eigenvalue weighted by atomic mass is 32.1. The van der Waals surface area contributed by atoms with Crippen molar-refractivity contribution < 1.29 is 9.53 Å². The number of ether oxygens (including phenoxy) is 1. The number of nitrogens with one attached hydrogen (secondary N) is 1. The maximum atomic E-state index is 12.6. The fourth-order valence-electron chi connectivity index (χ4n) is 2.77. The molecular weight excluding hydrogens is 294 g/mol. The molecule has 0 unspecified atom stereocenters. The molecule has 0 bridgehead atoms. The van der Waals surface area contributed by atoms with E-state index in [4.69, 9.17) is 22.7 Å². The van der Waals surface area contributed by atoms with Gasteiger partial charge in [-0.25, -0.2) is 4.98 Å². The Morgan fingerprint density at radius 2 is 2.15 bits per heavy atom. The van der Waals surface area contributed by atoms with Crippen LogP contribution in [0.1, 0.15) is 29.8 Å². The van der Waals surface area contributed by atoms with Crippen LogP contribution in [-0.2, 0) is 22.4 Å². The van der Waals surface area contributed by atoms with Crippen LogP contribution in [0.4, 0.5) is 5.13 Å². The minimum atomic E-state index is -0.788. The van der Waals surface area contributed by atoms with Crippen molar-refractivity contribution >= 4 is 39.6 Å². The van der Waals surface area contributed by atoms with E-state index in [-0.39, 0.29) is 10.9 Å². The monoisotopic (exact) mass is 311 g/mol. The summed E-state index contributed by atoms with van der Waals surface area (Å²) >= 11 is 6.70. The smallest absolute Gasteiger partial charge is 0.239 e. The van der Waals surface area contributed by atoms with Gasteiger partial charge in [0.05, 0.1) is 10.7 Å². The van der Waals surface area contributed by atoms with E-state index < -0.39 is 5.41 Å². The quantitative estimate of drug-likeness (QED) is 0.830. The number of anilines is 1. The summed E-state index contributed by atoms with van der Waals surface area (Å²) in [6.45, 7) is 1.03. The van der Waals surface area contributed by atoms with Crippen LogP contribution in [0.5, 0.6) is 0 Å². The van der Waals surface area contributed by atoms with Gasteiger partial charge in [-0.1, -0.05) is 12.2 Å². The van der Waals surface area contributed by atoms with Crippen LogP contribution in [0.15, 0.2) is 0 Å². The molecule has 1 amide bonds. The fourth-order valence-corrected chi connectivity index (χ4v) is 4.11. The van der Waals surface area contributed by atoms with E-state index in [1.807, 2.05) is 0 Å². The average Bonchev–Trinajstić information content (AvgIpc) is 3.00. The van der Waals surface area contributed by atoms with E-state index in [0.29, 0.717) is 31.2 Å². The lowest BCUT2D eigenvalue weighted by Crippen LogP contribution is -2.49. The molecule has 3 N–H and O–H groups in total. The Morgan fingerprint density at radius 3 is 2.80 bits per heavy atom. The van der Waals surface area contributed by atoms with Crippen LogP contribution in [-0.4, -0.2) is 29.1 Å². The lowest BCUT2D eigenvalue weighted by molar-refractivity contribution is -0.126. The first kappa shape index (κ1) is 13.9. The summed E-state index contributed by atoms with van der Waals surface area (Å²) in [5.41, 5.74) is 6.17. The number of rotatable bonds is 3. The predicted octanol–water partition coefficient (Wildman–Crippen LogP) is 1.65. The van der Waals surface area contributed by atoms with Gasteiger partial charge in [-0.3, -0.25) is 4.79 Å². The molecule has 7 heteroatoms. The number of amides is 1. The zero-order valence-electron chi connectivity index (χ0n) is 11.1. The predicted molar refractivity (Wildman–Crippen MR) is 82.0 cm³/mol. The summed E-state index contributed by atoms with van der Waals surface area (Å²) in [6.07, 6.45) is 4.32. The highest BCUT2D eigenvalue weighted by Gasteiger charge is 2.43. The van der Waals surface area contributed by atoms with Gasteiger partial charge in [-0.2, -0.15) is 0 Å². The minimum absolute atomic E-state index is 0.138. The van der Waals surface area contributed by atoms with Gasteiger partial charge in [0.1, 0.15) is 5.41 Å². The number of fused-ring (bicyclic) bond motifs is 1. The number of carbonyl (C=O) groups excluding carboxylic acids is 1. The van der Waals surface area contributed by atoms with E-state index in [2.05, 4.69) is 10.3 Å². The first-order valence-electron chi connectivity index (χ1n) is 6.79. The average molecular weight is 311 g/mol. The van der Waals surface area contributed by atoms with E-state index in [1.165, 1.54) is 4.88 Å². The Balaban J connectivity index is 1.77. The second-order valence-corrected chi connectivity index (χ2v) is 6.78. The molecule has 5 nitrogen and oxygen atoms in total. The van der Waals surface area contributed by atoms with Crippen LogP contribution in [0.2, 0.25) is 0 Å². The third-order valence-electron chi connectivity index (χ3n) is 4.07. The van der Waals surface area contributed by atoms with Crippen molar-refractivity contribution in [2.45, 2.75) is 32.1 Å². The molecule has 108 valence electrons. The first-order chi connectivity index (χ1) is 9.62. The lowest BCUT2D eigenvalue weighted by Gasteiger charge is -2.34. The van der Waals surface area contributed by atoms with E-state index >= 15 is 0 Å². The molecule has 0 aromatic carbocycles. The van der Waals surface area contributed by atoms with Crippen molar-refractivity contribution in [2.75, 3.05) is 18.5 Å². The molecule has 1 aliphatic heterocycles. The standard InChI is InChI=1S/C13H17N3O2S2/c14-10(19)13(4-6-18-7-5-13)11(17)16-12-15-8-2-1-3-9(8)20-12/h1-7H2,(H2,14,19)(H,15,16,17). The van der Waals surface area contributed by atoms with Crippen molar-refractivity contribution in [3.63, 3.8) is 0 Å². The lowest BCUT2D eigenvalue weighted by atomic mass is 9.79. The number of nitrogens with zero attached hydrogens (tertiary/aromatic N) is 1. The van der Waals surface area contributed by atoms with Gasteiger partial charge in [-0.15, -0.1) is 11.3 Å². The second-order valence-electron chi connectivity index (χ2n) is 5.26. The first-order valence-corrected chi connectivity index (χ1v) is 8.02. The highest BCUT2D eigenvalue weighted by Crippen LogP contribution is 2.35. The fraction of sp³-hybridized carbons (Fsp3) is 0.615. The van der Waals surface area contributed by atoms with Crippen LogP contribution in [0.25, 0.3) is 0 Å². The molecule has 0 atom stereocenters. The van der Waals surface area contributed by atoms with Crippen LogP contribution in [0, 0.1) is 5.41 Å². The molecule has 1 aliphatic carbocycles. The number of aromatic nitrogens is 1. The van der Waals surface area contributed by atoms with Gasteiger partial charge < -0.3 is 15.8 Å². The highest BCUT2D eigenvalue weighted by molar-refractivity contribution is 7.80. The summed E-state index contributed by atoms with van der Waals surface area (Å²) in [7, 11) is 0. The molecule has 0 radical (unpaired) electrons. The van der Waals surface area contributed by atoms with Gasteiger partial charge in [0.15, 0.2) is 5.13 Å². The number of hydrogen-bond acceptors (Lipinski definition) is 5. The molecule has 0 spiro atoms. The van der Waals surface area contributed by atoms with Crippen molar-refractivity contribution in [1.82, 2.24) is 4.98 Å². The largest absolute Gasteiger partial charge is 0.392 e. The van der Waals surface area contributed by atoms with Crippen molar-refractivity contribution in [1.29, 1.82) is 0 Å². The van der Waals surface area contributed by atoms with E-state index in [1.54, 1.807) is 11.3 Å². The number of nitrogens with two attached hydrogens (primary N) is 1. The molecule has 1 fully saturated rings. The zero-order chi connectivity index (χ0) is 14.2. The third-order valence-corrected chi connectivity index (χ3v) is 5.53. The Bertz CT molecular complexity index is 528. The van der Waals surface area contributed by atoms with Gasteiger partial charge in [-0.05, 0) is 32.1 Å². The number of carbonyl (C=O) groups is 1. The Labute approximate surface area is 126 Å². The maximum Gasteiger partial charge on any atom is 0.239 e. The Hall–Kier alpha value is -1.05. The number of hydrogen-bond donors (Lipinski definition) is 2. The molecular formula is C13H17N3O2S2. The molecule has 3 rings (SSSR count). The number of thiocarbonyl (C=S) groups is 1. The van der Waals surface area contributed by atoms with Crippen molar-refractivity contribution in [3.05, 3.63) is 10.6 Å². The molecule has 2 heterocycles. The number of aryl methyl sites for hydroxylation is 2. The SMILES string of the molecule is NC(=S)C1(C(=O)Nc2nc3c(s2)CCC3)CCOCC1. The van der Waals surface area contributed by atoms with Crippen molar-refractivity contribution in [2.24, 2.45) is 11.1 Å². The molecule has 2 aliphatic rings. The minimum Gasteiger partial charge on any atom is -0.392 e. The summed E-state index contributed by atoms with van der Waals surface area (Å²) in [6, 6.07) is 0. The van der Waals surface area contributed by atoms with Gasteiger partial charge in [0.2, 0.25) is 5.91 Å². The van der Waals surface area contributed by atoms with E-state index in [9.17, 15) is 4.79 Å². The zero-order valence-corrected chi connectivity index (χ0v) is 12.7. The van der Waals surface area contributed by atoms with Crippen molar-refractivity contribution in [3.8, 4) is 0 Å². The molecule has 20 heavy (non-hydrogen) atoms. The molecule has 1 aromatic heterocycles. The molecule has 0 saturated carbocycles. The normalized spacial score (nSPS) is 20.4. The summed E-state index contributed by atoms with van der Waals surface area (Å²) < 4.78 is 5.32. The van der Waals surface area contributed by atoms with Gasteiger partial charge in [0, 0.05) is 18.1 Å². The topological polar surface area (TPSA) is 77.2 Å². The maximum absolute atomic E-state index is 12.6. The van der Waals surface area contributed by atoms with Crippen LogP contribution < -0.4 is 11.1 Å². The van der Waals surface area contributed by atoms with E-state index in [0.717, 1.165) is 25.0 Å². The van der Waals surface area contributed by atoms with Gasteiger partial charge in [0.25, 0.3) is 0 Å². The van der Waals surface area contributed by atoms with Gasteiger partial charge >= 0.3 is 0 Å². The summed E-state index contributed by atoms with van der Waals surface area (Å²) in [5, 5.41) is 3.58. The molecule has 1 aromatic rings. The molecule has 1 saturated heterocycles. The van der Waals surface area contributed by atoms with Crippen LogP contribution in [0.3, 0.4) is 0 Å². The third kappa shape index (κ3) is 2.34. The van der Waals surface area contributed by atoms with Crippen LogP contribution >= 0.6 is 23.6 Å². The number of thiazole rings is 1. The Morgan fingerprint density at radius 1 is 1.40 bits per heavy atom.